The smallest absolute Gasteiger partial charge is 0.248 e. The molecule has 0 bridgehead atoms. The molecule has 0 saturated carbocycles. The van der Waals surface area contributed by atoms with Crippen LogP contribution in [-0.4, -0.2) is 21.6 Å². The van der Waals surface area contributed by atoms with Crippen molar-refractivity contribution in [3.05, 3.63) is 35.2 Å². The Kier molecular flexibility index (Phi) is 4.47. The molecular weight excluding hydrogens is 290 g/mol. The maximum atomic E-state index is 5.93. The summed E-state index contributed by atoms with van der Waals surface area (Å²) in [5.41, 5.74) is 6.43. The van der Waals surface area contributed by atoms with E-state index in [0.717, 1.165) is 5.56 Å². The molecule has 0 aliphatic carbocycles. The fraction of sp³-hybridized carbons (Fsp3) is 0.357. The van der Waals surface area contributed by atoms with Crippen LogP contribution in [0.1, 0.15) is 26.7 Å². The summed E-state index contributed by atoms with van der Waals surface area (Å²) in [5, 5.41) is 7.58. The lowest BCUT2D eigenvalue weighted by Gasteiger charge is -2.20. The number of aromatic nitrogens is 2. The van der Waals surface area contributed by atoms with Gasteiger partial charge >= 0.3 is 0 Å². The SMILES string of the molecule is CC(C)(C)NC(N)=NCc1nc(-c2cccc(Cl)c2)no1. The number of nitrogens with one attached hydrogen (secondary N) is 1. The molecule has 3 N–H and O–H groups in total. The third-order valence-corrected chi connectivity index (χ3v) is 2.67. The molecule has 6 nitrogen and oxygen atoms in total. The van der Waals surface area contributed by atoms with Gasteiger partial charge in [-0.05, 0) is 32.9 Å². The molecule has 0 atom stereocenters. The Morgan fingerprint density at radius 3 is 2.86 bits per heavy atom. The number of rotatable bonds is 3. The van der Waals surface area contributed by atoms with Gasteiger partial charge < -0.3 is 15.6 Å². The quantitative estimate of drug-likeness (QED) is 0.672. The molecule has 7 heteroatoms. The highest BCUT2D eigenvalue weighted by molar-refractivity contribution is 6.30. The van der Waals surface area contributed by atoms with Gasteiger partial charge in [-0.25, -0.2) is 4.99 Å². The van der Waals surface area contributed by atoms with Crippen molar-refractivity contribution in [2.24, 2.45) is 10.7 Å². The number of nitrogens with zero attached hydrogens (tertiary/aromatic N) is 3. The second-order valence-electron chi connectivity index (χ2n) is 5.60. The molecule has 0 amide bonds. The van der Waals surface area contributed by atoms with Crippen molar-refractivity contribution < 1.29 is 4.52 Å². The van der Waals surface area contributed by atoms with Crippen molar-refractivity contribution in [1.29, 1.82) is 0 Å². The number of hydrogen-bond donors (Lipinski definition) is 2. The number of aliphatic imine (C=N–C) groups is 1. The van der Waals surface area contributed by atoms with E-state index in [9.17, 15) is 0 Å². The summed E-state index contributed by atoms with van der Waals surface area (Å²) in [5.74, 6) is 1.21. The van der Waals surface area contributed by atoms with Gasteiger partial charge in [0, 0.05) is 16.1 Å². The van der Waals surface area contributed by atoms with Crippen molar-refractivity contribution in [1.82, 2.24) is 15.5 Å². The van der Waals surface area contributed by atoms with Crippen LogP contribution in [0.3, 0.4) is 0 Å². The average Bonchev–Trinajstić information content (AvgIpc) is 2.83. The molecule has 112 valence electrons. The van der Waals surface area contributed by atoms with Crippen molar-refractivity contribution >= 4 is 17.6 Å². The lowest BCUT2D eigenvalue weighted by Crippen LogP contribution is -2.44. The monoisotopic (exact) mass is 307 g/mol. The average molecular weight is 308 g/mol. The standard InChI is InChI=1S/C14H18ClN5O/c1-14(2,3)19-13(16)17-8-11-18-12(20-21-11)9-5-4-6-10(15)7-9/h4-7H,8H2,1-3H3,(H3,16,17,19). The molecule has 0 unspecified atom stereocenters. The van der Waals surface area contributed by atoms with Crippen LogP contribution in [0.15, 0.2) is 33.8 Å². The van der Waals surface area contributed by atoms with Gasteiger partial charge in [0.2, 0.25) is 11.7 Å². The Bertz CT molecular complexity index is 645. The highest BCUT2D eigenvalue weighted by atomic mass is 35.5. The molecular formula is C14H18ClN5O. The van der Waals surface area contributed by atoms with E-state index in [1.807, 2.05) is 32.9 Å². The van der Waals surface area contributed by atoms with Crippen molar-refractivity contribution in [2.75, 3.05) is 0 Å². The van der Waals surface area contributed by atoms with Crippen LogP contribution in [0.25, 0.3) is 11.4 Å². The molecule has 0 radical (unpaired) electrons. The molecule has 0 aliphatic heterocycles. The zero-order valence-corrected chi connectivity index (χ0v) is 13.0. The topological polar surface area (TPSA) is 89.3 Å². The van der Waals surface area contributed by atoms with Gasteiger partial charge in [-0.2, -0.15) is 4.98 Å². The predicted molar refractivity (Wildman–Crippen MR) is 83.0 cm³/mol. The fourth-order valence-electron chi connectivity index (χ4n) is 1.64. The summed E-state index contributed by atoms with van der Waals surface area (Å²) in [7, 11) is 0. The summed E-state index contributed by atoms with van der Waals surface area (Å²) in [4.78, 5) is 8.43. The summed E-state index contributed by atoms with van der Waals surface area (Å²) < 4.78 is 5.14. The normalized spacial score (nSPS) is 12.5. The minimum Gasteiger partial charge on any atom is -0.370 e. The first kappa shape index (κ1) is 15.3. The first-order valence-electron chi connectivity index (χ1n) is 6.50. The summed E-state index contributed by atoms with van der Waals surface area (Å²) in [6, 6.07) is 7.25. The van der Waals surface area contributed by atoms with Gasteiger partial charge in [0.05, 0.1) is 0 Å². The van der Waals surface area contributed by atoms with Crippen LogP contribution in [0.4, 0.5) is 0 Å². The first-order chi connectivity index (χ1) is 9.83. The third kappa shape index (κ3) is 4.75. The lowest BCUT2D eigenvalue weighted by atomic mass is 10.1. The minimum absolute atomic E-state index is 0.144. The fourth-order valence-corrected chi connectivity index (χ4v) is 1.83. The summed E-state index contributed by atoms with van der Waals surface area (Å²) >= 11 is 5.93. The van der Waals surface area contributed by atoms with Crippen LogP contribution >= 0.6 is 11.6 Å². The Balaban J connectivity index is 2.05. The van der Waals surface area contributed by atoms with Crippen molar-refractivity contribution in [2.45, 2.75) is 32.9 Å². The van der Waals surface area contributed by atoms with Gasteiger partial charge in [-0.1, -0.05) is 28.9 Å². The van der Waals surface area contributed by atoms with E-state index in [-0.39, 0.29) is 12.1 Å². The minimum atomic E-state index is -0.144. The third-order valence-electron chi connectivity index (χ3n) is 2.44. The van der Waals surface area contributed by atoms with Crippen LogP contribution in [0.5, 0.6) is 0 Å². The maximum absolute atomic E-state index is 5.93. The van der Waals surface area contributed by atoms with Gasteiger partial charge in [-0.3, -0.25) is 0 Å². The summed E-state index contributed by atoms with van der Waals surface area (Å²) in [6.07, 6.45) is 0. The van der Waals surface area contributed by atoms with Crippen molar-refractivity contribution in [3.8, 4) is 11.4 Å². The lowest BCUT2D eigenvalue weighted by molar-refractivity contribution is 0.380. The first-order valence-corrected chi connectivity index (χ1v) is 6.88. The molecule has 0 saturated heterocycles. The zero-order valence-electron chi connectivity index (χ0n) is 12.2. The van der Waals surface area contributed by atoms with Crippen LogP contribution in [0.2, 0.25) is 5.02 Å². The number of guanidine groups is 1. The molecule has 0 aliphatic rings. The number of halogens is 1. The van der Waals surface area contributed by atoms with Crippen LogP contribution < -0.4 is 11.1 Å². The van der Waals surface area contributed by atoms with Crippen molar-refractivity contribution in [3.63, 3.8) is 0 Å². The molecule has 21 heavy (non-hydrogen) atoms. The highest BCUT2D eigenvalue weighted by Gasteiger charge is 2.11. The second-order valence-corrected chi connectivity index (χ2v) is 6.03. The van der Waals surface area contributed by atoms with Gasteiger partial charge in [0.15, 0.2) is 5.96 Å². The van der Waals surface area contributed by atoms with Gasteiger partial charge in [0.1, 0.15) is 6.54 Å². The highest BCUT2D eigenvalue weighted by Crippen LogP contribution is 2.19. The molecule has 1 heterocycles. The Labute approximate surface area is 128 Å². The van der Waals surface area contributed by atoms with Crippen LogP contribution in [-0.2, 0) is 6.54 Å². The molecule has 1 aromatic carbocycles. The van der Waals surface area contributed by atoms with E-state index in [0.29, 0.717) is 22.7 Å². The Morgan fingerprint density at radius 1 is 1.43 bits per heavy atom. The Morgan fingerprint density at radius 2 is 2.19 bits per heavy atom. The van der Waals surface area contributed by atoms with E-state index >= 15 is 0 Å². The molecule has 0 spiro atoms. The maximum Gasteiger partial charge on any atom is 0.248 e. The number of hydrogen-bond acceptors (Lipinski definition) is 4. The number of benzene rings is 1. The molecule has 2 aromatic rings. The second kappa shape index (κ2) is 6.13. The molecule has 0 fully saturated rings. The van der Waals surface area contributed by atoms with Gasteiger partial charge in [0.25, 0.3) is 0 Å². The molecule has 2 rings (SSSR count). The Hall–Kier alpha value is -2.08. The molecule has 1 aromatic heterocycles. The van der Waals surface area contributed by atoms with Gasteiger partial charge in [-0.15, -0.1) is 0 Å². The zero-order chi connectivity index (χ0) is 15.5. The van der Waals surface area contributed by atoms with E-state index in [2.05, 4.69) is 20.4 Å². The number of nitrogens with two attached hydrogens (primary N) is 1. The van der Waals surface area contributed by atoms with E-state index in [4.69, 9.17) is 21.9 Å². The predicted octanol–water partition coefficient (Wildman–Crippen LogP) is 2.59. The van der Waals surface area contributed by atoms with Crippen LogP contribution in [0, 0.1) is 0 Å². The largest absolute Gasteiger partial charge is 0.370 e. The van der Waals surface area contributed by atoms with E-state index < -0.39 is 0 Å². The van der Waals surface area contributed by atoms with E-state index in [1.54, 1.807) is 12.1 Å². The van der Waals surface area contributed by atoms with E-state index in [1.165, 1.54) is 0 Å². The summed E-state index contributed by atoms with van der Waals surface area (Å²) in [6.45, 7) is 6.22.